The molecule has 0 spiro atoms. The summed E-state index contributed by atoms with van der Waals surface area (Å²) in [6.45, 7) is 5.12. The molecule has 0 aromatic heterocycles. The zero-order chi connectivity index (χ0) is 27.2. The number of carbonyl (C=O) groups excluding carboxylic acids is 2. The number of fused-ring (bicyclic) bond motifs is 1. The maximum Gasteiger partial charge on any atom is 0.340 e. The molecule has 210 valence electrons. The number of aliphatic hydroxyl groups excluding tert-OH is 3. The maximum absolute atomic E-state index is 12.4. The predicted molar refractivity (Wildman–Crippen MR) is 122 cm³/mol. The van der Waals surface area contributed by atoms with Crippen LogP contribution in [0, 0.1) is 5.92 Å². The number of aliphatic hydroxyl groups is 4. The van der Waals surface area contributed by atoms with Crippen LogP contribution >= 0.6 is 0 Å². The highest BCUT2D eigenvalue weighted by atomic mass is 16.8. The highest BCUT2D eigenvalue weighted by Crippen LogP contribution is 2.42. The lowest BCUT2D eigenvalue weighted by atomic mass is 9.76. The second kappa shape index (κ2) is 10.7. The van der Waals surface area contributed by atoms with Crippen LogP contribution in [0.25, 0.3) is 0 Å². The number of cyclic esters (lactones) is 2. The summed E-state index contributed by atoms with van der Waals surface area (Å²) < 4.78 is 38.9. The molecule has 13 nitrogen and oxygen atoms in total. The van der Waals surface area contributed by atoms with E-state index in [1.165, 1.54) is 6.08 Å². The van der Waals surface area contributed by atoms with Crippen molar-refractivity contribution in [2.24, 2.45) is 5.92 Å². The van der Waals surface area contributed by atoms with Gasteiger partial charge >= 0.3 is 11.9 Å². The largest absolute Gasteiger partial charge is 0.471 e. The van der Waals surface area contributed by atoms with Gasteiger partial charge in [-0.05, 0) is 18.9 Å². The van der Waals surface area contributed by atoms with Gasteiger partial charge in [0.2, 0.25) is 6.29 Å². The maximum atomic E-state index is 12.4. The first kappa shape index (κ1) is 27.2. The SMILES string of the molecule is C=CC1C(OC2OC(CO)C(OC3OC(C)CC4=C3C(=O)OCC4)C(O)C2O)OC=C2C(=O)OCCC21O. The molecule has 0 aliphatic carbocycles. The van der Waals surface area contributed by atoms with Crippen LogP contribution in [0.15, 0.2) is 35.6 Å². The molecule has 5 rings (SSSR count). The first-order valence-electron chi connectivity index (χ1n) is 12.5. The van der Waals surface area contributed by atoms with Gasteiger partial charge in [0.1, 0.15) is 35.6 Å². The summed E-state index contributed by atoms with van der Waals surface area (Å²) in [7, 11) is 0. The Labute approximate surface area is 218 Å². The van der Waals surface area contributed by atoms with E-state index in [0.717, 1.165) is 11.8 Å². The quantitative estimate of drug-likeness (QED) is 0.236. The molecular weight excluding hydrogens is 508 g/mol. The van der Waals surface area contributed by atoms with Gasteiger partial charge in [-0.2, -0.15) is 0 Å². The minimum atomic E-state index is -1.69. The fourth-order valence-electron chi connectivity index (χ4n) is 5.53. The Morgan fingerprint density at radius 3 is 2.61 bits per heavy atom. The van der Waals surface area contributed by atoms with Crippen molar-refractivity contribution < 1.29 is 63.2 Å². The van der Waals surface area contributed by atoms with Crippen LogP contribution < -0.4 is 0 Å². The minimum absolute atomic E-state index is 0.0237. The molecule has 5 heterocycles. The molecule has 5 aliphatic rings. The Balaban J connectivity index is 1.32. The molecule has 13 heteroatoms. The Morgan fingerprint density at radius 2 is 1.87 bits per heavy atom. The summed E-state index contributed by atoms with van der Waals surface area (Å²) in [6, 6.07) is 0. The van der Waals surface area contributed by atoms with Crippen molar-refractivity contribution in [2.45, 2.75) is 81.2 Å². The van der Waals surface area contributed by atoms with Crippen LogP contribution in [0.2, 0.25) is 0 Å². The van der Waals surface area contributed by atoms with E-state index in [9.17, 15) is 30.0 Å². The van der Waals surface area contributed by atoms with E-state index in [2.05, 4.69) is 6.58 Å². The van der Waals surface area contributed by atoms with E-state index >= 15 is 0 Å². The highest BCUT2D eigenvalue weighted by Gasteiger charge is 2.55. The molecule has 38 heavy (non-hydrogen) atoms. The van der Waals surface area contributed by atoms with Crippen molar-refractivity contribution in [2.75, 3.05) is 19.8 Å². The molecule has 0 saturated carbocycles. The summed E-state index contributed by atoms with van der Waals surface area (Å²) in [4.78, 5) is 24.5. The Bertz CT molecular complexity index is 1020. The number of hydrogen-bond donors (Lipinski definition) is 4. The van der Waals surface area contributed by atoms with E-state index in [0.29, 0.717) is 12.8 Å². The number of esters is 2. The Morgan fingerprint density at radius 1 is 1.11 bits per heavy atom. The van der Waals surface area contributed by atoms with E-state index in [-0.39, 0.29) is 36.9 Å². The predicted octanol–water partition coefficient (Wildman–Crippen LogP) is -1.07. The van der Waals surface area contributed by atoms with E-state index < -0.39 is 73.4 Å². The normalized spacial score (nSPS) is 43.2. The van der Waals surface area contributed by atoms with Gasteiger partial charge in [0.25, 0.3) is 0 Å². The van der Waals surface area contributed by atoms with Gasteiger partial charge in [-0.15, -0.1) is 6.58 Å². The number of hydrogen-bond acceptors (Lipinski definition) is 13. The van der Waals surface area contributed by atoms with Crippen molar-refractivity contribution >= 4 is 11.9 Å². The van der Waals surface area contributed by atoms with Crippen LogP contribution in [-0.4, -0.2) is 107 Å². The van der Waals surface area contributed by atoms with Gasteiger partial charge in [0, 0.05) is 12.8 Å². The second-order valence-electron chi connectivity index (χ2n) is 9.94. The third kappa shape index (κ3) is 4.67. The lowest BCUT2D eigenvalue weighted by Crippen LogP contribution is -2.63. The third-order valence-electron chi connectivity index (χ3n) is 7.55. The molecule has 2 saturated heterocycles. The summed E-state index contributed by atoms with van der Waals surface area (Å²) >= 11 is 0. The first-order valence-corrected chi connectivity index (χ1v) is 12.5. The van der Waals surface area contributed by atoms with Gasteiger partial charge in [0.05, 0.1) is 43.7 Å². The van der Waals surface area contributed by atoms with Crippen molar-refractivity contribution in [3.05, 3.63) is 35.6 Å². The Kier molecular flexibility index (Phi) is 7.64. The van der Waals surface area contributed by atoms with E-state index in [4.69, 9.17) is 33.2 Å². The van der Waals surface area contributed by atoms with Crippen molar-refractivity contribution in [1.82, 2.24) is 0 Å². The zero-order valence-corrected chi connectivity index (χ0v) is 20.8. The standard InChI is InChI=1S/C25H32O13/c1-3-13-22(34-10-14-20(29)33-7-5-25(13,14)31)38-24-18(28)17(27)19(15(9-26)36-24)37-23-16-12(8-11(2)35-23)4-6-32-21(16)30/h3,10-11,13,15,17-19,22-24,26-28,31H,1,4-9H2,2H3. The zero-order valence-electron chi connectivity index (χ0n) is 20.8. The lowest BCUT2D eigenvalue weighted by molar-refractivity contribution is -0.357. The monoisotopic (exact) mass is 540 g/mol. The van der Waals surface area contributed by atoms with Crippen LogP contribution in [0.3, 0.4) is 0 Å². The average molecular weight is 541 g/mol. The molecule has 0 amide bonds. The van der Waals surface area contributed by atoms with Crippen molar-refractivity contribution in [3.8, 4) is 0 Å². The van der Waals surface area contributed by atoms with Gasteiger partial charge < -0.3 is 53.6 Å². The number of rotatable bonds is 6. The lowest BCUT2D eigenvalue weighted by Gasteiger charge is -2.47. The van der Waals surface area contributed by atoms with Gasteiger partial charge in [-0.1, -0.05) is 6.08 Å². The third-order valence-corrected chi connectivity index (χ3v) is 7.55. The topological polar surface area (TPSA) is 180 Å². The number of ether oxygens (including phenoxy) is 7. The molecule has 4 N–H and O–H groups in total. The molecule has 5 aliphatic heterocycles. The molecule has 0 radical (unpaired) electrons. The van der Waals surface area contributed by atoms with E-state index in [1.54, 1.807) is 0 Å². The van der Waals surface area contributed by atoms with Gasteiger partial charge in [-0.3, -0.25) is 0 Å². The van der Waals surface area contributed by atoms with Crippen molar-refractivity contribution in [1.29, 1.82) is 0 Å². The van der Waals surface area contributed by atoms with Crippen molar-refractivity contribution in [3.63, 3.8) is 0 Å². The molecule has 0 bridgehead atoms. The number of carbonyl (C=O) groups is 2. The molecule has 10 atom stereocenters. The average Bonchev–Trinajstić information content (AvgIpc) is 2.87. The smallest absolute Gasteiger partial charge is 0.340 e. The highest BCUT2D eigenvalue weighted by molar-refractivity contribution is 5.92. The minimum Gasteiger partial charge on any atom is -0.471 e. The summed E-state index contributed by atoms with van der Waals surface area (Å²) in [5, 5.41) is 43.1. The Hall–Kier alpha value is -2.36. The fraction of sp³-hybridized carbons (Fsp3) is 0.680. The van der Waals surface area contributed by atoms with Gasteiger partial charge in [-0.25, -0.2) is 9.59 Å². The van der Waals surface area contributed by atoms with Crippen LogP contribution in [-0.2, 0) is 42.7 Å². The van der Waals surface area contributed by atoms with Gasteiger partial charge in [0.15, 0.2) is 12.6 Å². The fourth-order valence-corrected chi connectivity index (χ4v) is 5.53. The molecule has 2 fully saturated rings. The van der Waals surface area contributed by atoms with Crippen LogP contribution in [0.5, 0.6) is 0 Å². The van der Waals surface area contributed by atoms with E-state index in [1.807, 2.05) is 6.92 Å². The van der Waals surface area contributed by atoms with Crippen LogP contribution in [0.1, 0.15) is 26.2 Å². The van der Waals surface area contributed by atoms with Crippen LogP contribution in [0.4, 0.5) is 0 Å². The molecule has 10 unspecified atom stereocenters. The summed E-state index contributed by atoms with van der Waals surface area (Å²) in [5.74, 6) is -2.27. The molecule has 0 aromatic carbocycles. The second-order valence-corrected chi connectivity index (χ2v) is 9.94. The first-order chi connectivity index (χ1) is 18.2. The summed E-state index contributed by atoms with van der Waals surface area (Å²) in [5.41, 5.74) is -0.732. The summed E-state index contributed by atoms with van der Waals surface area (Å²) in [6.07, 6.45) is -6.58. The molecule has 0 aromatic rings. The molecular formula is C25H32O13.